The monoisotopic (exact) mass is 330 g/mol. The summed E-state index contributed by atoms with van der Waals surface area (Å²) in [7, 11) is 0. The quantitative estimate of drug-likeness (QED) is 0.624. The number of hydrogen-bond acceptors (Lipinski definition) is 4. The molecule has 1 aromatic carbocycles. The Morgan fingerprint density at radius 3 is 2.70 bits per heavy atom. The summed E-state index contributed by atoms with van der Waals surface area (Å²) in [6.45, 7) is 10.2. The lowest BCUT2D eigenvalue weighted by atomic mass is 10.1. The van der Waals surface area contributed by atoms with Gasteiger partial charge in [0.25, 0.3) is 0 Å². The molecule has 23 heavy (non-hydrogen) atoms. The van der Waals surface area contributed by atoms with Crippen molar-refractivity contribution in [3.63, 3.8) is 0 Å². The molecule has 2 aromatic rings. The van der Waals surface area contributed by atoms with Crippen LogP contribution in [0.15, 0.2) is 42.1 Å². The van der Waals surface area contributed by atoms with Crippen LogP contribution in [0.1, 0.15) is 25.2 Å². The molecule has 0 bridgehead atoms. The number of aryl methyl sites for hydroxylation is 2. The van der Waals surface area contributed by atoms with Crippen LogP contribution in [0.5, 0.6) is 0 Å². The van der Waals surface area contributed by atoms with Crippen molar-refractivity contribution in [2.45, 2.75) is 44.1 Å². The fourth-order valence-corrected chi connectivity index (χ4v) is 2.97. The second kappa shape index (κ2) is 7.97. The van der Waals surface area contributed by atoms with Crippen molar-refractivity contribution in [3.8, 4) is 0 Å². The molecule has 2 rings (SSSR count). The van der Waals surface area contributed by atoms with E-state index in [1.807, 2.05) is 42.7 Å². The second-order valence-corrected chi connectivity index (χ2v) is 6.54. The third-order valence-corrected chi connectivity index (χ3v) is 4.58. The zero-order valence-corrected chi connectivity index (χ0v) is 14.6. The standard InChI is InChI=1S/C17H22N4OS/c1-5-11-21-13(4)19-20-17(21)23-12(3)16(22)18-15-9-7-14(6-2)8-10-15/h5,7-10,12H,1,6,11H2,2-4H3,(H,18,22)/t12-/m1/s1. The van der Waals surface area contributed by atoms with Crippen LogP contribution in [0.4, 0.5) is 5.69 Å². The maximum absolute atomic E-state index is 12.3. The van der Waals surface area contributed by atoms with Crippen molar-refractivity contribution in [1.29, 1.82) is 0 Å². The second-order valence-electron chi connectivity index (χ2n) is 5.23. The number of hydrogen-bond donors (Lipinski definition) is 1. The molecule has 1 amide bonds. The van der Waals surface area contributed by atoms with E-state index in [0.29, 0.717) is 6.54 Å². The van der Waals surface area contributed by atoms with Gasteiger partial charge in [-0.05, 0) is 38.0 Å². The Labute approximate surface area is 141 Å². The van der Waals surface area contributed by atoms with Gasteiger partial charge < -0.3 is 9.88 Å². The van der Waals surface area contributed by atoms with Gasteiger partial charge in [0.1, 0.15) is 5.82 Å². The summed E-state index contributed by atoms with van der Waals surface area (Å²) in [5.74, 6) is 0.764. The number of carbonyl (C=O) groups excluding carboxylic acids is 1. The first-order chi connectivity index (χ1) is 11.0. The average molecular weight is 330 g/mol. The Morgan fingerprint density at radius 2 is 2.09 bits per heavy atom. The van der Waals surface area contributed by atoms with Crippen molar-refractivity contribution in [2.75, 3.05) is 5.32 Å². The number of nitrogens with one attached hydrogen (secondary N) is 1. The smallest absolute Gasteiger partial charge is 0.237 e. The van der Waals surface area contributed by atoms with Crippen LogP contribution in [0, 0.1) is 6.92 Å². The first-order valence-corrected chi connectivity index (χ1v) is 8.50. The van der Waals surface area contributed by atoms with Gasteiger partial charge in [-0.25, -0.2) is 0 Å². The summed E-state index contributed by atoms with van der Waals surface area (Å²) in [5, 5.41) is 11.6. The minimum atomic E-state index is -0.270. The zero-order chi connectivity index (χ0) is 16.8. The van der Waals surface area contributed by atoms with Crippen molar-refractivity contribution in [2.24, 2.45) is 0 Å². The molecule has 5 nitrogen and oxygen atoms in total. The fourth-order valence-electron chi connectivity index (χ4n) is 2.07. The van der Waals surface area contributed by atoms with E-state index < -0.39 is 0 Å². The van der Waals surface area contributed by atoms with E-state index in [1.165, 1.54) is 17.3 Å². The highest BCUT2D eigenvalue weighted by atomic mass is 32.2. The molecule has 1 atom stereocenters. The molecule has 0 saturated carbocycles. The van der Waals surface area contributed by atoms with E-state index in [4.69, 9.17) is 0 Å². The summed E-state index contributed by atoms with van der Waals surface area (Å²) in [4.78, 5) is 12.3. The predicted molar refractivity (Wildman–Crippen MR) is 94.7 cm³/mol. The van der Waals surface area contributed by atoms with Crippen LogP contribution in [-0.2, 0) is 17.8 Å². The molecule has 0 spiro atoms. The number of amides is 1. The molecule has 122 valence electrons. The average Bonchev–Trinajstić information content (AvgIpc) is 2.89. The Kier molecular flexibility index (Phi) is 5.98. The van der Waals surface area contributed by atoms with Gasteiger partial charge in [0.2, 0.25) is 5.91 Å². The van der Waals surface area contributed by atoms with Gasteiger partial charge in [-0.15, -0.1) is 16.8 Å². The highest BCUT2D eigenvalue weighted by Crippen LogP contribution is 2.23. The van der Waals surface area contributed by atoms with E-state index in [1.54, 1.807) is 6.08 Å². The molecular weight excluding hydrogens is 308 g/mol. The van der Waals surface area contributed by atoms with Crippen LogP contribution in [0.3, 0.4) is 0 Å². The lowest BCUT2D eigenvalue weighted by molar-refractivity contribution is -0.115. The lowest BCUT2D eigenvalue weighted by Crippen LogP contribution is -2.23. The largest absolute Gasteiger partial charge is 0.325 e. The van der Waals surface area contributed by atoms with Gasteiger partial charge in [0, 0.05) is 12.2 Å². The molecule has 1 heterocycles. The number of carbonyl (C=O) groups is 1. The Morgan fingerprint density at radius 1 is 1.39 bits per heavy atom. The molecule has 0 unspecified atom stereocenters. The summed E-state index contributed by atoms with van der Waals surface area (Å²) >= 11 is 1.40. The number of nitrogens with zero attached hydrogens (tertiary/aromatic N) is 3. The first-order valence-electron chi connectivity index (χ1n) is 7.62. The van der Waals surface area contributed by atoms with Crippen LogP contribution >= 0.6 is 11.8 Å². The zero-order valence-electron chi connectivity index (χ0n) is 13.7. The van der Waals surface area contributed by atoms with E-state index in [2.05, 4.69) is 29.0 Å². The topological polar surface area (TPSA) is 59.8 Å². The van der Waals surface area contributed by atoms with Crippen molar-refractivity contribution >= 4 is 23.4 Å². The Bertz CT molecular complexity index is 678. The third-order valence-electron chi connectivity index (χ3n) is 3.49. The van der Waals surface area contributed by atoms with E-state index in [9.17, 15) is 4.79 Å². The van der Waals surface area contributed by atoms with Crippen molar-refractivity contribution in [3.05, 3.63) is 48.3 Å². The summed E-state index contributed by atoms with van der Waals surface area (Å²) in [6, 6.07) is 7.91. The number of allylic oxidation sites excluding steroid dienone is 1. The van der Waals surface area contributed by atoms with Gasteiger partial charge in [0.15, 0.2) is 5.16 Å². The van der Waals surface area contributed by atoms with E-state index in [-0.39, 0.29) is 11.2 Å². The molecule has 1 N–H and O–H groups in total. The number of thioether (sulfide) groups is 1. The molecule has 1 aromatic heterocycles. The van der Waals surface area contributed by atoms with Crippen LogP contribution < -0.4 is 5.32 Å². The molecule has 0 aliphatic carbocycles. The molecule has 0 aliphatic heterocycles. The lowest BCUT2D eigenvalue weighted by Gasteiger charge is -2.12. The Hall–Kier alpha value is -2.08. The molecular formula is C17H22N4OS. The first kappa shape index (κ1) is 17.3. The maximum Gasteiger partial charge on any atom is 0.237 e. The van der Waals surface area contributed by atoms with Gasteiger partial charge in [-0.3, -0.25) is 4.79 Å². The van der Waals surface area contributed by atoms with Crippen LogP contribution in [0.2, 0.25) is 0 Å². The normalized spacial score (nSPS) is 12.0. The van der Waals surface area contributed by atoms with Crippen molar-refractivity contribution < 1.29 is 4.79 Å². The summed E-state index contributed by atoms with van der Waals surface area (Å²) in [6.07, 6.45) is 2.78. The number of rotatable bonds is 7. The highest BCUT2D eigenvalue weighted by Gasteiger charge is 2.18. The van der Waals surface area contributed by atoms with Gasteiger partial charge in [-0.2, -0.15) is 0 Å². The van der Waals surface area contributed by atoms with E-state index in [0.717, 1.165) is 23.1 Å². The highest BCUT2D eigenvalue weighted by molar-refractivity contribution is 8.00. The predicted octanol–water partition coefficient (Wildman–Crippen LogP) is 3.45. The Balaban J connectivity index is 2.00. The number of aromatic nitrogens is 3. The summed E-state index contributed by atoms with van der Waals surface area (Å²) < 4.78 is 1.94. The molecule has 0 aliphatic rings. The van der Waals surface area contributed by atoms with Crippen LogP contribution in [0.25, 0.3) is 0 Å². The third kappa shape index (κ3) is 4.45. The molecule has 0 radical (unpaired) electrons. The van der Waals surface area contributed by atoms with E-state index >= 15 is 0 Å². The molecule has 0 saturated heterocycles. The molecule has 0 fully saturated rings. The maximum atomic E-state index is 12.3. The minimum absolute atomic E-state index is 0.0509. The van der Waals surface area contributed by atoms with Gasteiger partial charge in [-0.1, -0.05) is 36.9 Å². The number of anilines is 1. The van der Waals surface area contributed by atoms with Gasteiger partial charge in [0.05, 0.1) is 5.25 Å². The summed E-state index contributed by atoms with van der Waals surface area (Å²) in [5.41, 5.74) is 2.06. The van der Waals surface area contributed by atoms with Crippen LogP contribution in [-0.4, -0.2) is 25.9 Å². The fraction of sp³-hybridized carbons (Fsp3) is 0.353. The number of benzene rings is 1. The molecule has 6 heteroatoms. The minimum Gasteiger partial charge on any atom is -0.325 e. The van der Waals surface area contributed by atoms with Crippen molar-refractivity contribution in [1.82, 2.24) is 14.8 Å². The SMILES string of the molecule is C=CCn1c(C)nnc1S[C@H](C)C(=O)Nc1ccc(CC)cc1. The van der Waals surface area contributed by atoms with Gasteiger partial charge >= 0.3 is 0 Å².